The zero-order valence-electron chi connectivity index (χ0n) is 55.1. The van der Waals surface area contributed by atoms with Crippen molar-refractivity contribution in [2.24, 2.45) is 5.89 Å². The van der Waals surface area contributed by atoms with Crippen molar-refractivity contribution in [3.63, 3.8) is 0 Å². The molecule has 5 nitrogen and oxygen atoms in total. The predicted molar refractivity (Wildman–Crippen MR) is 275 cm³/mol. The normalized spacial score (nSPS) is 17.1. The maximum atomic E-state index is 9.49. The standard InChI is InChI=1S/C61H57N4O.Pt/c1-43(2)36-47-23-17-27-53(48-22-16-21-46(38-48)45-19-7-6-8-20-45)52(47)25-13-14-35-63-42-64(58-30-12-11-29-57(58)63)50-24-15-18-44(37-50)41-66-51-31-32-55-54-26-9-10-28-56(54)65(59(55)40-51)60-39-49(33-34-62-60)61(3,4)5;/h6-12,15-24,26-34,38-39,42-43H,13-14,25,35-36,41H2,1-5H3;/q-3;/i1D3,2D3,6D,7D,8D,16D,19D,20D,21D,22D,36D2,38D,43D;. The summed E-state index contributed by atoms with van der Waals surface area (Å²) in [5.41, 5.74) is 3.73. The molecule has 1 aliphatic heterocycles. The van der Waals surface area contributed by atoms with E-state index in [1.165, 1.54) is 12.1 Å². The molecular weight excluding hydrogens is 1000 g/mol. The van der Waals surface area contributed by atoms with Gasteiger partial charge >= 0.3 is 0 Å². The van der Waals surface area contributed by atoms with Crippen molar-refractivity contribution < 1.29 is 50.5 Å². The topological polar surface area (TPSA) is 33.5 Å². The van der Waals surface area contributed by atoms with Crippen LogP contribution in [0.5, 0.6) is 5.75 Å². The van der Waals surface area contributed by atoms with E-state index in [1.54, 1.807) is 0 Å². The maximum absolute atomic E-state index is 9.49. The molecular formula is C61H57N4OPt-3. The van der Waals surface area contributed by atoms with Crippen LogP contribution in [0.25, 0.3) is 49.9 Å². The number of unbranched alkanes of at least 4 members (excludes halogenated alkanes) is 1. The van der Waals surface area contributed by atoms with Gasteiger partial charge in [-0.1, -0.05) is 137 Å². The van der Waals surface area contributed by atoms with Crippen molar-refractivity contribution >= 4 is 38.9 Å². The van der Waals surface area contributed by atoms with E-state index >= 15 is 0 Å². The Morgan fingerprint density at radius 1 is 0.791 bits per heavy atom. The van der Waals surface area contributed by atoms with Crippen molar-refractivity contribution in [3.8, 4) is 33.8 Å². The molecule has 9 aromatic rings. The molecule has 0 saturated heterocycles. The average Bonchev–Trinajstić information content (AvgIpc) is 1.62. The molecule has 0 N–H and O–H groups in total. The summed E-state index contributed by atoms with van der Waals surface area (Å²) in [4.78, 5) is 8.79. The fourth-order valence-electron chi connectivity index (χ4n) is 8.54. The van der Waals surface area contributed by atoms with Crippen LogP contribution in [0.2, 0.25) is 0 Å². The Morgan fingerprint density at radius 2 is 1.58 bits per heavy atom. The number of ether oxygens (including phenoxy) is 1. The molecule has 0 saturated carbocycles. The van der Waals surface area contributed by atoms with Crippen LogP contribution in [0.4, 0.5) is 17.1 Å². The van der Waals surface area contributed by atoms with Crippen molar-refractivity contribution in [2.75, 3.05) is 16.3 Å². The largest absolute Gasteiger partial charge is 0.517 e. The van der Waals surface area contributed by atoms with Gasteiger partial charge in [-0.25, -0.2) is 4.98 Å². The van der Waals surface area contributed by atoms with E-state index in [0.717, 1.165) is 56.2 Å². The van der Waals surface area contributed by atoms with Crippen LogP contribution in [-0.2, 0) is 45.9 Å². The summed E-state index contributed by atoms with van der Waals surface area (Å²) in [5.74, 6) is -2.45. The molecule has 1 aliphatic rings. The minimum absolute atomic E-state index is 0. The summed E-state index contributed by atoms with van der Waals surface area (Å²) in [5, 5.41) is 2.07. The monoisotopic (exact) mass is 1070 g/mol. The van der Waals surface area contributed by atoms with E-state index < -0.39 is 103 Å². The summed E-state index contributed by atoms with van der Waals surface area (Å²) in [6, 6.07) is 33.7. The number of hydrogen-bond donors (Lipinski definition) is 0. The van der Waals surface area contributed by atoms with Gasteiger partial charge in [0.25, 0.3) is 0 Å². The van der Waals surface area contributed by atoms with Gasteiger partial charge in [-0.15, -0.1) is 28.8 Å². The second kappa shape index (κ2) is 19.8. The molecule has 10 rings (SSSR count). The number of para-hydroxylation sites is 3. The summed E-state index contributed by atoms with van der Waals surface area (Å²) < 4.78 is 164. The number of hydrogen-bond acceptors (Lipinski definition) is 4. The number of pyridine rings is 1. The first-order valence-corrected chi connectivity index (χ1v) is 21.9. The van der Waals surface area contributed by atoms with Crippen LogP contribution in [-0.4, -0.2) is 16.1 Å². The van der Waals surface area contributed by atoms with Crippen molar-refractivity contribution in [3.05, 3.63) is 211 Å². The zero-order valence-corrected chi connectivity index (χ0v) is 39.4. The van der Waals surface area contributed by atoms with E-state index in [4.69, 9.17) is 30.3 Å². The molecule has 2 aromatic heterocycles. The van der Waals surface area contributed by atoms with Gasteiger partial charge in [-0.2, -0.15) is 37.0 Å². The van der Waals surface area contributed by atoms with Crippen molar-refractivity contribution in [2.45, 2.75) is 72.1 Å². The predicted octanol–water partition coefficient (Wildman–Crippen LogP) is 15.3. The van der Waals surface area contributed by atoms with Gasteiger partial charge in [-0.3, -0.25) is 0 Å². The molecule has 0 atom stereocenters. The summed E-state index contributed by atoms with van der Waals surface area (Å²) in [6.45, 7) is 1.50. The van der Waals surface area contributed by atoms with E-state index in [2.05, 4.69) is 55.7 Å². The summed E-state index contributed by atoms with van der Waals surface area (Å²) in [6.07, 6.45) is -1.23. The Hall–Kier alpha value is -6.42. The van der Waals surface area contributed by atoms with Gasteiger partial charge in [0.2, 0.25) is 0 Å². The maximum Gasteiger partial charge on any atom is 0.135 e. The number of rotatable bonds is 14. The number of fused-ring (bicyclic) bond motifs is 4. The molecule has 7 aromatic carbocycles. The number of anilines is 3. The molecule has 340 valence electrons. The van der Waals surface area contributed by atoms with Gasteiger partial charge in [0.05, 0.1) is 18.9 Å². The number of benzene rings is 7. The van der Waals surface area contributed by atoms with E-state index in [9.17, 15) is 4.11 Å². The van der Waals surface area contributed by atoms with Crippen LogP contribution in [0.15, 0.2) is 170 Å². The van der Waals surface area contributed by atoms with Gasteiger partial charge < -0.3 is 19.1 Å². The smallest absolute Gasteiger partial charge is 0.135 e. The minimum Gasteiger partial charge on any atom is -0.517 e. The van der Waals surface area contributed by atoms with E-state index in [1.807, 2.05) is 95.5 Å². The fraction of sp³-hybridized carbons (Fsp3) is 0.213. The summed E-state index contributed by atoms with van der Waals surface area (Å²) >= 11 is 0. The average molecular weight is 1080 g/mol. The van der Waals surface area contributed by atoms with Crippen LogP contribution in [0.1, 0.15) is 94.2 Å². The minimum atomic E-state index is -3.76. The molecule has 0 spiro atoms. The third-order valence-corrected chi connectivity index (χ3v) is 11.7. The number of nitrogens with zero attached hydrogens (tertiary/aromatic N) is 4. The third kappa shape index (κ3) is 9.72. The second-order valence-electron chi connectivity index (χ2n) is 17.1. The van der Waals surface area contributed by atoms with Gasteiger partial charge in [-0.05, 0) is 124 Å². The van der Waals surface area contributed by atoms with Crippen LogP contribution in [0.3, 0.4) is 0 Å². The Morgan fingerprint density at radius 3 is 2.43 bits per heavy atom. The molecule has 0 radical (unpaired) electrons. The zero-order chi connectivity index (χ0) is 60.7. The number of aromatic nitrogens is 2. The van der Waals surface area contributed by atoms with Crippen LogP contribution >= 0.6 is 0 Å². The van der Waals surface area contributed by atoms with E-state index in [0.29, 0.717) is 24.4 Å². The summed E-state index contributed by atoms with van der Waals surface area (Å²) in [7, 11) is 0. The first-order valence-electron chi connectivity index (χ1n) is 30.9. The molecule has 67 heavy (non-hydrogen) atoms. The third-order valence-electron chi connectivity index (χ3n) is 11.7. The Kier molecular flexibility index (Phi) is 8.48. The van der Waals surface area contributed by atoms with Crippen molar-refractivity contribution in [1.82, 2.24) is 9.55 Å². The van der Waals surface area contributed by atoms with Gasteiger partial charge in [0, 0.05) is 62.2 Å². The molecule has 0 unspecified atom stereocenters. The Labute approximate surface area is 436 Å². The molecule has 0 fully saturated rings. The van der Waals surface area contributed by atoms with Crippen LogP contribution in [0, 0.1) is 24.7 Å². The van der Waals surface area contributed by atoms with E-state index in [-0.39, 0.29) is 57.1 Å². The Balaban J connectivity index is 0.00000865. The Bertz CT molecular complexity index is 4020. The second-order valence-corrected chi connectivity index (χ2v) is 17.1. The quantitative estimate of drug-likeness (QED) is 0.0803. The van der Waals surface area contributed by atoms with Gasteiger partial charge in [0.15, 0.2) is 0 Å². The SMILES string of the molecule is [2H]c1c([2H])c([2H])c(-c2c([2H])c([2H])c([2H])c(-c3cccc(C([2H])([2H])C([2H])(C([2H])([2H])[2H])C([2H])([2H])[2H])c3CCCCN3[CH-]N(c4[c-]c(COc5[c-]c6c(cc5)c5ccccc5n6-c5cc(C(C)(C)C)ccn5)ccc4)c4ccccc43)c2[2H])c([2H])c1[2H].[Pt]. The van der Waals surface area contributed by atoms with Crippen LogP contribution < -0.4 is 14.5 Å². The van der Waals surface area contributed by atoms with Gasteiger partial charge in [0.1, 0.15) is 5.82 Å². The molecule has 0 aliphatic carbocycles. The molecule has 6 heteroatoms. The molecule has 0 bridgehead atoms. The molecule has 3 heterocycles. The first kappa shape index (κ1) is 28.7. The first-order chi connectivity index (χ1) is 39.5. The molecule has 0 amide bonds. The van der Waals surface area contributed by atoms with Crippen molar-refractivity contribution in [1.29, 1.82) is 0 Å². The fourth-order valence-corrected chi connectivity index (χ4v) is 8.54.